The van der Waals surface area contributed by atoms with E-state index >= 15 is 0 Å². The molecule has 7 nitrogen and oxygen atoms in total. The molecule has 42 heavy (non-hydrogen) atoms. The van der Waals surface area contributed by atoms with Gasteiger partial charge in [-0.1, -0.05) is 79.9 Å². The van der Waals surface area contributed by atoms with Gasteiger partial charge in [0.25, 0.3) is 5.91 Å². The second-order valence-electron chi connectivity index (χ2n) is 8.94. The van der Waals surface area contributed by atoms with E-state index in [2.05, 4.69) is 47.7 Å². The largest absolute Gasteiger partial charge is 0.422 e. The molecule has 5 rings (SSSR count). The minimum Gasteiger partial charge on any atom is -0.422 e. The Morgan fingerprint density at radius 1 is 0.905 bits per heavy atom. The zero-order chi connectivity index (χ0) is 29.6. The summed E-state index contributed by atoms with van der Waals surface area (Å²) in [5.74, 6) is -0.970. The number of hydrogen-bond acceptors (Lipinski definition) is 6. The average Bonchev–Trinajstić information content (AvgIpc) is 3.30. The number of rotatable bonds is 8. The number of benzene rings is 4. The Bertz CT molecular complexity index is 1830. The molecular weight excluding hydrogens is 706 g/mol. The lowest BCUT2D eigenvalue weighted by Gasteiger charge is -2.08. The summed E-state index contributed by atoms with van der Waals surface area (Å²) in [5.41, 5.74) is 4.75. The van der Waals surface area contributed by atoms with E-state index in [1.54, 1.807) is 42.5 Å². The van der Waals surface area contributed by atoms with Crippen molar-refractivity contribution in [2.75, 3.05) is 5.32 Å². The molecule has 0 saturated carbocycles. The number of hydrazone groups is 1. The average molecular weight is 726 g/mol. The summed E-state index contributed by atoms with van der Waals surface area (Å²) in [7, 11) is 0. The van der Waals surface area contributed by atoms with Crippen LogP contribution >= 0.6 is 54.8 Å². The first-order chi connectivity index (χ1) is 20.3. The number of esters is 1. The summed E-state index contributed by atoms with van der Waals surface area (Å²) in [6.45, 7) is 0. The van der Waals surface area contributed by atoms with Gasteiger partial charge < -0.3 is 10.1 Å². The van der Waals surface area contributed by atoms with Crippen molar-refractivity contribution in [1.29, 1.82) is 0 Å². The van der Waals surface area contributed by atoms with Crippen LogP contribution in [0.25, 0.3) is 10.1 Å². The van der Waals surface area contributed by atoms with Crippen molar-refractivity contribution in [3.05, 3.63) is 127 Å². The zero-order valence-corrected chi connectivity index (χ0v) is 26.3. The van der Waals surface area contributed by atoms with Crippen LogP contribution < -0.4 is 15.5 Å². The SMILES string of the molecule is O=C(Cc1ccccc1)Nc1ccc(C(=O)N/N=C\c2cc(Br)ccc2OC(=O)c2sc3cc(Br)ccc3c2Cl)cc1. The number of carbonyl (C=O) groups is 3. The first-order valence-corrected chi connectivity index (χ1v) is 15.2. The van der Waals surface area contributed by atoms with Gasteiger partial charge in [-0.2, -0.15) is 5.10 Å². The van der Waals surface area contributed by atoms with E-state index in [4.69, 9.17) is 16.3 Å². The summed E-state index contributed by atoms with van der Waals surface area (Å²) in [5, 5.41) is 7.95. The highest BCUT2D eigenvalue weighted by atomic mass is 79.9. The first kappa shape index (κ1) is 29.7. The number of thiophene rings is 1. The van der Waals surface area contributed by atoms with E-state index in [0.29, 0.717) is 21.8 Å². The molecule has 2 amide bonds. The van der Waals surface area contributed by atoms with E-state index in [9.17, 15) is 14.4 Å². The molecule has 0 spiro atoms. The number of amides is 2. The summed E-state index contributed by atoms with van der Waals surface area (Å²) < 4.78 is 8.12. The Balaban J connectivity index is 1.22. The van der Waals surface area contributed by atoms with Crippen molar-refractivity contribution < 1.29 is 19.1 Å². The van der Waals surface area contributed by atoms with Crippen LogP contribution in [0.2, 0.25) is 5.02 Å². The number of halogens is 3. The molecule has 0 aliphatic heterocycles. The van der Waals surface area contributed by atoms with Crippen LogP contribution in [-0.4, -0.2) is 24.0 Å². The molecule has 4 aromatic carbocycles. The summed E-state index contributed by atoms with van der Waals surface area (Å²) in [4.78, 5) is 38.2. The second kappa shape index (κ2) is 13.4. The molecule has 0 aliphatic rings. The molecule has 0 aliphatic carbocycles. The highest BCUT2D eigenvalue weighted by Gasteiger charge is 2.20. The number of fused-ring (bicyclic) bond motifs is 1. The quantitative estimate of drug-likeness (QED) is 0.0729. The Hall–Kier alpha value is -3.83. The number of hydrogen-bond donors (Lipinski definition) is 2. The van der Waals surface area contributed by atoms with E-state index in [1.807, 2.05) is 48.5 Å². The van der Waals surface area contributed by atoms with Gasteiger partial charge in [-0.25, -0.2) is 10.2 Å². The number of anilines is 1. The van der Waals surface area contributed by atoms with Crippen molar-refractivity contribution in [2.45, 2.75) is 6.42 Å². The van der Waals surface area contributed by atoms with E-state index < -0.39 is 11.9 Å². The van der Waals surface area contributed by atoms with Crippen LogP contribution in [0, 0.1) is 0 Å². The first-order valence-electron chi connectivity index (χ1n) is 12.4. The number of nitrogens with one attached hydrogen (secondary N) is 2. The summed E-state index contributed by atoms with van der Waals surface area (Å²) in [6.07, 6.45) is 1.63. The Morgan fingerprint density at radius 2 is 1.62 bits per heavy atom. The molecule has 0 bridgehead atoms. The molecule has 0 atom stereocenters. The highest BCUT2D eigenvalue weighted by Crippen LogP contribution is 2.37. The fourth-order valence-electron chi connectivity index (χ4n) is 3.95. The molecule has 210 valence electrons. The summed E-state index contributed by atoms with van der Waals surface area (Å²) in [6, 6.07) is 26.5. The summed E-state index contributed by atoms with van der Waals surface area (Å²) >= 11 is 14.5. The van der Waals surface area contributed by atoms with Gasteiger partial charge in [-0.15, -0.1) is 11.3 Å². The van der Waals surface area contributed by atoms with Gasteiger partial charge in [0.05, 0.1) is 17.7 Å². The van der Waals surface area contributed by atoms with Crippen molar-refractivity contribution in [1.82, 2.24) is 5.43 Å². The number of nitrogens with zero attached hydrogens (tertiary/aromatic N) is 1. The third-order valence-corrected chi connectivity index (χ3v) is 8.58. The van der Waals surface area contributed by atoms with Crippen LogP contribution in [0.1, 0.15) is 31.2 Å². The zero-order valence-electron chi connectivity index (χ0n) is 21.6. The van der Waals surface area contributed by atoms with Crippen molar-refractivity contribution in [2.24, 2.45) is 5.10 Å². The Kier molecular flexibility index (Phi) is 9.48. The molecular formula is C31H20Br2ClN3O4S. The van der Waals surface area contributed by atoms with Crippen molar-refractivity contribution >= 4 is 94.6 Å². The predicted octanol–water partition coefficient (Wildman–Crippen LogP) is 8.24. The van der Waals surface area contributed by atoms with Crippen LogP contribution in [0.5, 0.6) is 5.75 Å². The maximum atomic E-state index is 13.0. The lowest BCUT2D eigenvalue weighted by atomic mass is 10.1. The van der Waals surface area contributed by atoms with Crippen LogP contribution in [0.15, 0.2) is 105 Å². The second-order valence-corrected chi connectivity index (χ2v) is 12.2. The Labute approximate surface area is 266 Å². The van der Waals surface area contributed by atoms with E-state index in [1.165, 1.54) is 17.6 Å². The van der Waals surface area contributed by atoms with E-state index in [0.717, 1.165) is 24.6 Å². The topological polar surface area (TPSA) is 96.9 Å². The lowest BCUT2D eigenvalue weighted by molar-refractivity contribution is -0.115. The van der Waals surface area contributed by atoms with Gasteiger partial charge in [0.15, 0.2) is 0 Å². The van der Waals surface area contributed by atoms with Crippen LogP contribution in [-0.2, 0) is 11.2 Å². The maximum Gasteiger partial charge on any atom is 0.355 e. The molecule has 11 heteroatoms. The minimum atomic E-state index is -0.603. The van der Waals surface area contributed by atoms with Gasteiger partial charge in [0, 0.05) is 35.8 Å². The molecule has 0 unspecified atom stereocenters. The molecule has 5 aromatic rings. The fourth-order valence-corrected chi connectivity index (χ4v) is 6.26. The monoisotopic (exact) mass is 723 g/mol. The van der Waals surface area contributed by atoms with Gasteiger partial charge in [-0.05, 0) is 60.2 Å². The normalized spacial score (nSPS) is 11.0. The molecule has 0 saturated heterocycles. The minimum absolute atomic E-state index is 0.156. The van der Waals surface area contributed by atoms with E-state index in [-0.39, 0.29) is 23.0 Å². The van der Waals surface area contributed by atoms with Gasteiger partial charge in [0.1, 0.15) is 10.6 Å². The fraction of sp³-hybridized carbons (Fsp3) is 0.0323. The number of carbonyl (C=O) groups excluding carboxylic acids is 3. The molecule has 0 fully saturated rings. The van der Waals surface area contributed by atoms with Crippen LogP contribution in [0.3, 0.4) is 0 Å². The van der Waals surface area contributed by atoms with Crippen molar-refractivity contribution in [3.8, 4) is 5.75 Å². The molecule has 1 aromatic heterocycles. The highest BCUT2D eigenvalue weighted by molar-refractivity contribution is 9.10. The molecule has 0 radical (unpaired) electrons. The smallest absolute Gasteiger partial charge is 0.355 e. The third-order valence-electron chi connectivity index (χ3n) is 5.96. The standard InChI is InChI=1S/C31H20Br2ClN3O4S/c32-21-9-13-25(41-31(40)29-28(34)24-12-8-22(33)16-26(24)42-29)20(15-21)17-35-37-30(39)19-6-10-23(11-7-19)36-27(38)14-18-4-2-1-3-5-18/h1-13,15-17H,14H2,(H,36,38)(H,37,39)/b35-17-. The Morgan fingerprint density at radius 3 is 2.38 bits per heavy atom. The maximum absolute atomic E-state index is 13.0. The predicted molar refractivity (Wildman–Crippen MR) is 174 cm³/mol. The van der Waals surface area contributed by atoms with Crippen molar-refractivity contribution in [3.63, 3.8) is 0 Å². The number of ether oxygens (including phenoxy) is 1. The lowest BCUT2D eigenvalue weighted by Crippen LogP contribution is -2.18. The molecule has 2 N–H and O–H groups in total. The van der Waals surface area contributed by atoms with Gasteiger partial charge in [-0.3, -0.25) is 9.59 Å². The van der Waals surface area contributed by atoms with Gasteiger partial charge >= 0.3 is 5.97 Å². The van der Waals surface area contributed by atoms with Gasteiger partial charge in [0.2, 0.25) is 5.91 Å². The van der Waals surface area contributed by atoms with Crippen LogP contribution in [0.4, 0.5) is 5.69 Å². The third kappa shape index (κ3) is 7.32. The molecule has 1 heterocycles.